The van der Waals surface area contributed by atoms with Crippen molar-refractivity contribution in [3.63, 3.8) is 0 Å². The number of nitrogens with one attached hydrogen (secondary N) is 3. The molecule has 0 saturated heterocycles. The summed E-state index contributed by atoms with van der Waals surface area (Å²) in [5.74, 6) is -1.29. The van der Waals surface area contributed by atoms with Gasteiger partial charge in [-0.25, -0.2) is 9.59 Å². The van der Waals surface area contributed by atoms with Crippen LogP contribution in [-0.2, 0) is 9.53 Å². The van der Waals surface area contributed by atoms with Crippen molar-refractivity contribution >= 4 is 29.3 Å². The third-order valence-corrected chi connectivity index (χ3v) is 4.86. The monoisotopic (exact) mass is 450 g/mol. The molecule has 1 aromatic heterocycles. The molecule has 3 rings (SSSR count). The first kappa shape index (κ1) is 23.5. The van der Waals surface area contributed by atoms with Gasteiger partial charge in [-0.3, -0.25) is 4.79 Å². The highest BCUT2D eigenvalue weighted by Gasteiger charge is 2.27. The van der Waals surface area contributed by atoms with Gasteiger partial charge < -0.3 is 25.2 Å². The highest BCUT2D eigenvalue weighted by atomic mass is 16.5. The largest absolute Gasteiger partial charge is 0.467 e. The smallest absolute Gasteiger partial charge is 0.328 e. The lowest BCUT2D eigenvalue weighted by atomic mass is 10.0. The third-order valence-electron chi connectivity index (χ3n) is 4.86. The second-order valence-corrected chi connectivity index (χ2v) is 7.82. The zero-order valence-corrected chi connectivity index (χ0v) is 18.8. The number of hydrogen-bond donors (Lipinski definition) is 3. The molecule has 0 spiro atoms. The van der Waals surface area contributed by atoms with Crippen LogP contribution in [0.2, 0.25) is 0 Å². The van der Waals surface area contributed by atoms with Crippen LogP contribution in [0.1, 0.15) is 30.0 Å². The predicted molar refractivity (Wildman–Crippen MR) is 124 cm³/mol. The fourth-order valence-corrected chi connectivity index (χ4v) is 3.10. The molecule has 3 amide bonds. The van der Waals surface area contributed by atoms with Gasteiger partial charge in [0, 0.05) is 23.0 Å². The molecule has 0 aliphatic carbocycles. The molecule has 0 bridgehead atoms. The first-order valence-electron chi connectivity index (χ1n) is 10.4. The Bertz CT molecular complexity index is 1140. The predicted octanol–water partition coefficient (Wildman–Crippen LogP) is 4.22. The number of nitrogens with zero attached hydrogens (tertiary/aromatic N) is 1. The van der Waals surface area contributed by atoms with Crippen LogP contribution in [0.5, 0.6) is 0 Å². The molecule has 172 valence electrons. The van der Waals surface area contributed by atoms with Crippen molar-refractivity contribution in [2.75, 3.05) is 17.7 Å². The Labute approximate surface area is 191 Å². The fourth-order valence-electron chi connectivity index (χ4n) is 3.10. The first-order chi connectivity index (χ1) is 15.8. The number of anilines is 2. The van der Waals surface area contributed by atoms with E-state index >= 15 is 0 Å². The van der Waals surface area contributed by atoms with Crippen molar-refractivity contribution < 1.29 is 23.6 Å². The van der Waals surface area contributed by atoms with Crippen LogP contribution in [0.3, 0.4) is 0 Å². The number of carbonyl (C=O) groups excluding carboxylic acids is 3. The summed E-state index contributed by atoms with van der Waals surface area (Å²) in [5, 5.41) is 12.1. The molecule has 0 saturated carbocycles. The van der Waals surface area contributed by atoms with Crippen LogP contribution in [0.25, 0.3) is 11.3 Å². The average Bonchev–Trinajstić information content (AvgIpc) is 3.27. The van der Waals surface area contributed by atoms with E-state index in [1.54, 1.807) is 38.1 Å². The molecule has 2 aromatic carbocycles. The van der Waals surface area contributed by atoms with Crippen molar-refractivity contribution in [1.82, 2.24) is 10.5 Å². The second kappa shape index (κ2) is 10.4. The fraction of sp³-hybridized carbons (Fsp3) is 0.250. The third kappa shape index (κ3) is 6.19. The number of ether oxygens (including phenoxy) is 1. The molecule has 1 heterocycles. The molecule has 9 heteroatoms. The first-order valence-corrected chi connectivity index (χ1v) is 10.4. The highest BCUT2D eigenvalue weighted by molar-refractivity contribution is 6.00. The number of aryl methyl sites for hydroxylation is 1. The molecule has 33 heavy (non-hydrogen) atoms. The highest BCUT2D eigenvalue weighted by Crippen LogP contribution is 2.22. The molecular formula is C24H26N4O5. The number of carbonyl (C=O) groups is 3. The minimum atomic E-state index is -0.799. The zero-order chi connectivity index (χ0) is 24.0. The van der Waals surface area contributed by atoms with E-state index in [0.29, 0.717) is 22.6 Å². The molecule has 0 fully saturated rings. The quantitative estimate of drug-likeness (QED) is 0.463. The van der Waals surface area contributed by atoms with Gasteiger partial charge in [-0.2, -0.15) is 0 Å². The summed E-state index contributed by atoms with van der Waals surface area (Å²) in [5.41, 5.74) is 3.46. The molecule has 3 N–H and O–H groups in total. The maximum Gasteiger partial charge on any atom is 0.328 e. The maximum atomic E-state index is 12.5. The molecule has 3 aromatic rings. The molecule has 1 unspecified atom stereocenters. The van der Waals surface area contributed by atoms with Gasteiger partial charge in [0.05, 0.1) is 7.11 Å². The van der Waals surface area contributed by atoms with E-state index in [9.17, 15) is 14.4 Å². The van der Waals surface area contributed by atoms with Crippen LogP contribution in [0.15, 0.2) is 59.1 Å². The zero-order valence-electron chi connectivity index (χ0n) is 18.8. The summed E-state index contributed by atoms with van der Waals surface area (Å²) >= 11 is 0. The van der Waals surface area contributed by atoms with E-state index in [2.05, 4.69) is 21.1 Å². The van der Waals surface area contributed by atoms with E-state index < -0.39 is 17.9 Å². The number of urea groups is 1. The Balaban J connectivity index is 1.62. The van der Waals surface area contributed by atoms with Gasteiger partial charge in [0.1, 0.15) is 11.7 Å². The Morgan fingerprint density at radius 2 is 1.67 bits per heavy atom. The summed E-state index contributed by atoms with van der Waals surface area (Å²) in [6.45, 7) is 5.54. The lowest BCUT2D eigenvalue weighted by Gasteiger charge is -2.18. The van der Waals surface area contributed by atoms with Gasteiger partial charge in [0.25, 0.3) is 5.91 Å². The minimum absolute atomic E-state index is 0.0284. The van der Waals surface area contributed by atoms with Gasteiger partial charge in [-0.15, -0.1) is 0 Å². The number of rotatable bonds is 7. The van der Waals surface area contributed by atoms with Crippen LogP contribution < -0.4 is 16.0 Å². The summed E-state index contributed by atoms with van der Waals surface area (Å²) < 4.78 is 9.88. The van der Waals surface area contributed by atoms with Crippen LogP contribution in [0.4, 0.5) is 16.2 Å². The van der Waals surface area contributed by atoms with E-state index in [1.807, 2.05) is 31.2 Å². The van der Waals surface area contributed by atoms with Gasteiger partial charge in [-0.1, -0.05) is 43.3 Å². The summed E-state index contributed by atoms with van der Waals surface area (Å²) in [6.07, 6.45) is 0. The number of aromatic nitrogens is 1. The lowest BCUT2D eigenvalue weighted by Crippen LogP contribution is -2.44. The summed E-state index contributed by atoms with van der Waals surface area (Å²) in [6, 6.07) is 14.7. The SMILES string of the molecule is COC(=O)C(NC(=O)c1cc(-c2ccc(NC(=O)Nc3cccc(C)c3)cc2)no1)C(C)C. The lowest BCUT2D eigenvalue weighted by molar-refractivity contribution is -0.144. The van der Waals surface area contributed by atoms with Crippen LogP contribution >= 0.6 is 0 Å². The Kier molecular flexibility index (Phi) is 7.45. The van der Waals surface area contributed by atoms with Crippen molar-refractivity contribution in [1.29, 1.82) is 0 Å². The summed E-state index contributed by atoms with van der Waals surface area (Å²) in [7, 11) is 1.27. The normalized spacial score (nSPS) is 11.5. The van der Waals surface area contributed by atoms with E-state index in [-0.39, 0.29) is 17.7 Å². The standard InChI is InChI=1S/C24H26N4O5/c1-14(2)21(23(30)32-4)27-22(29)20-13-19(28-33-20)16-8-10-17(11-9-16)25-24(31)26-18-7-5-6-15(3)12-18/h5-14,21H,1-4H3,(H,27,29)(H2,25,26,31). The van der Waals surface area contributed by atoms with Gasteiger partial charge in [0.15, 0.2) is 0 Å². The van der Waals surface area contributed by atoms with Crippen LogP contribution in [-0.4, -0.2) is 36.2 Å². The Morgan fingerprint density at radius 1 is 0.970 bits per heavy atom. The van der Waals surface area contributed by atoms with Gasteiger partial charge >= 0.3 is 12.0 Å². The Hall–Kier alpha value is -4.14. The molecule has 0 aliphatic heterocycles. The Morgan fingerprint density at radius 3 is 2.30 bits per heavy atom. The van der Waals surface area contributed by atoms with E-state index in [0.717, 1.165) is 5.56 Å². The number of hydrogen-bond acceptors (Lipinski definition) is 6. The van der Waals surface area contributed by atoms with Crippen molar-refractivity contribution in [3.05, 3.63) is 65.9 Å². The minimum Gasteiger partial charge on any atom is -0.467 e. The number of amides is 3. The van der Waals surface area contributed by atoms with Gasteiger partial charge in [0.2, 0.25) is 5.76 Å². The number of benzene rings is 2. The topological polar surface area (TPSA) is 123 Å². The molecule has 0 radical (unpaired) electrons. The molecule has 9 nitrogen and oxygen atoms in total. The molecule has 1 atom stereocenters. The van der Waals surface area contributed by atoms with E-state index in [4.69, 9.17) is 9.26 Å². The van der Waals surface area contributed by atoms with Crippen LogP contribution in [0, 0.1) is 12.8 Å². The maximum absolute atomic E-state index is 12.5. The number of esters is 1. The van der Waals surface area contributed by atoms with Crippen molar-refractivity contribution in [2.45, 2.75) is 26.8 Å². The molecule has 0 aliphatic rings. The van der Waals surface area contributed by atoms with Crippen molar-refractivity contribution in [3.8, 4) is 11.3 Å². The molecular weight excluding hydrogens is 424 g/mol. The van der Waals surface area contributed by atoms with Crippen molar-refractivity contribution in [2.24, 2.45) is 5.92 Å². The van der Waals surface area contributed by atoms with E-state index in [1.165, 1.54) is 13.2 Å². The average molecular weight is 450 g/mol. The second-order valence-electron chi connectivity index (χ2n) is 7.82. The summed E-state index contributed by atoms with van der Waals surface area (Å²) in [4.78, 5) is 36.5. The number of methoxy groups -OCH3 is 1. The van der Waals surface area contributed by atoms with Gasteiger partial charge in [-0.05, 0) is 42.7 Å².